The number of primary amides is 1. The number of carbonyl (C=O) groups is 2. The van der Waals surface area contributed by atoms with Crippen molar-refractivity contribution >= 4 is 11.8 Å². The Labute approximate surface area is 137 Å². The summed E-state index contributed by atoms with van der Waals surface area (Å²) in [6, 6.07) is 7.43. The number of morpholine rings is 1. The van der Waals surface area contributed by atoms with Crippen LogP contribution in [-0.4, -0.2) is 60.5 Å². The number of nitrogens with zero attached hydrogens (tertiary/aromatic N) is 2. The highest BCUT2D eigenvalue weighted by Gasteiger charge is 2.35. The molecule has 0 bridgehead atoms. The first kappa shape index (κ1) is 17.4. The van der Waals surface area contributed by atoms with Crippen molar-refractivity contribution in [3.8, 4) is 0 Å². The van der Waals surface area contributed by atoms with E-state index in [2.05, 4.69) is 0 Å². The van der Waals surface area contributed by atoms with Crippen LogP contribution in [0.2, 0.25) is 0 Å². The van der Waals surface area contributed by atoms with Gasteiger partial charge in [0.1, 0.15) is 6.04 Å². The molecule has 6 heteroatoms. The molecule has 1 aliphatic rings. The third-order valence-electron chi connectivity index (χ3n) is 4.32. The average Bonchev–Trinajstić information content (AvgIpc) is 2.49. The van der Waals surface area contributed by atoms with E-state index in [0.29, 0.717) is 19.7 Å². The fourth-order valence-corrected chi connectivity index (χ4v) is 2.90. The number of aryl methyl sites for hydroxylation is 1. The van der Waals surface area contributed by atoms with Crippen molar-refractivity contribution in [3.63, 3.8) is 0 Å². The molecular formula is C17H25N3O3. The summed E-state index contributed by atoms with van der Waals surface area (Å²) >= 11 is 0. The van der Waals surface area contributed by atoms with Crippen LogP contribution in [0.5, 0.6) is 0 Å². The lowest BCUT2D eigenvalue weighted by molar-refractivity contribution is -0.142. The highest BCUT2D eigenvalue weighted by molar-refractivity contribution is 5.83. The lowest BCUT2D eigenvalue weighted by Crippen LogP contribution is -2.58. The molecule has 1 aromatic carbocycles. The van der Waals surface area contributed by atoms with Gasteiger partial charge in [0.05, 0.1) is 19.3 Å². The average molecular weight is 319 g/mol. The molecule has 23 heavy (non-hydrogen) atoms. The van der Waals surface area contributed by atoms with Gasteiger partial charge in [-0.3, -0.25) is 14.5 Å². The van der Waals surface area contributed by atoms with Gasteiger partial charge in [0.15, 0.2) is 0 Å². The molecule has 126 valence electrons. The second-order valence-electron chi connectivity index (χ2n) is 6.07. The lowest BCUT2D eigenvalue weighted by Gasteiger charge is -2.38. The molecule has 6 nitrogen and oxygen atoms in total. The van der Waals surface area contributed by atoms with Gasteiger partial charge in [0.25, 0.3) is 0 Å². The van der Waals surface area contributed by atoms with Gasteiger partial charge in [-0.05, 0) is 25.0 Å². The molecular weight excluding hydrogens is 294 g/mol. The largest absolute Gasteiger partial charge is 0.375 e. The third-order valence-corrected chi connectivity index (χ3v) is 4.32. The zero-order valence-corrected chi connectivity index (χ0v) is 14.0. The first-order valence-corrected chi connectivity index (χ1v) is 7.83. The van der Waals surface area contributed by atoms with E-state index in [-0.39, 0.29) is 18.6 Å². The molecule has 2 N–H and O–H groups in total. The van der Waals surface area contributed by atoms with E-state index < -0.39 is 11.9 Å². The molecule has 1 saturated heterocycles. The van der Waals surface area contributed by atoms with Gasteiger partial charge in [0.2, 0.25) is 11.8 Å². The van der Waals surface area contributed by atoms with E-state index in [4.69, 9.17) is 10.5 Å². The normalized spacial score (nSPS) is 21.9. The highest BCUT2D eigenvalue weighted by atomic mass is 16.5. The Balaban J connectivity index is 2.00. The fraction of sp³-hybridized carbons (Fsp3) is 0.529. The summed E-state index contributed by atoms with van der Waals surface area (Å²) < 4.78 is 5.47. The van der Waals surface area contributed by atoms with Gasteiger partial charge in [-0.2, -0.15) is 0 Å². The predicted octanol–water partition coefficient (Wildman–Crippen LogP) is 0.528. The van der Waals surface area contributed by atoms with Gasteiger partial charge in [-0.15, -0.1) is 0 Å². The van der Waals surface area contributed by atoms with Gasteiger partial charge >= 0.3 is 0 Å². The monoisotopic (exact) mass is 319 g/mol. The molecule has 0 aliphatic carbocycles. The minimum Gasteiger partial charge on any atom is -0.375 e. The van der Waals surface area contributed by atoms with Crippen molar-refractivity contribution in [2.45, 2.75) is 32.5 Å². The Morgan fingerprint density at radius 2 is 2.09 bits per heavy atom. The zero-order valence-electron chi connectivity index (χ0n) is 14.0. The Morgan fingerprint density at radius 3 is 2.74 bits per heavy atom. The molecule has 0 unspecified atom stereocenters. The van der Waals surface area contributed by atoms with Gasteiger partial charge in [-0.25, -0.2) is 0 Å². The van der Waals surface area contributed by atoms with Crippen molar-refractivity contribution < 1.29 is 14.3 Å². The first-order valence-electron chi connectivity index (χ1n) is 7.83. The Bertz CT molecular complexity index is 576. The predicted molar refractivity (Wildman–Crippen MR) is 87.6 cm³/mol. The Morgan fingerprint density at radius 1 is 1.39 bits per heavy atom. The third kappa shape index (κ3) is 4.30. The molecule has 0 aromatic heterocycles. The van der Waals surface area contributed by atoms with Crippen LogP contribution in [0.15, 0.2) is 24.3 Å². The molecule has 2 atom stereocenters. The minimum atomic E-state index is -0.556. The van der Waals surface area contributed by atoms with Crippen molar-refractivity contribution in [1.29, 1.82) is 0 Å². The summed E-state index contributed by atoms with van der Waals surface area (Å²) in [5.41, 5.74) is 7.73. The standard InChI is InChI=1S/C17H25N3O3/c1-12-6-4-5-7-14(12)10-19(3)15(21)11-20-8-9-23-13(2)16(20)17(18)22/h4-7,13,16H,8-11H2,1-3H3,(H2,18,22)/t13-,16+/m1/s1. The van der Waals surface area contributed by atoms with E-state index >= 15 is 0 Å². The highest BCUT2D eigenvalue weighted by Crippen LogP contribution is 2.15. The SMILES string of the molecule is Cc1ccccc1CN(C)C(=O)CN1CCO[C@H](C)[C@H]1C(N)=O. The van der Waals surface area contributed by atoms with Gasteiger partial charge < -0.3 is 15.4 Å². The maximum absolute atomic E-state index is 12.5. The van der Waals surface area contributed by atoms with Crippen LogP contribution in [0.25, 0.3) is 0 Å². The van der Waals surface area contributed by atoms with Crippen LogP contribution < -0.4 is 5.73 Å². The number of nitrogens with two attached hydrogens (primary N) is 1. The molecule has 1 aromatic rings. The maximum Gasteiger partial charge on any atom is 0.237 e. The molecule has 1 aliphatic heterocycles. The van der Waals surface area contributed by atoms with E-state index in [1.807, 2.05) is 43.0 Å². The van der Waals surface area contributed by atoms with Crippen LogP contribution >= 0.6 is 0 Å². The summed E-state index contributed by atoms with van der Waals surface area (Å²) in [7, 11) is 1.78. The van der Waals surface area contributed by atoms with E-state index in [9.17, 15) is 9.59 Å². The van der Waals surface area contributed by atoms with Crippen molar-refractivity contribution in [1.82, 2.24) is 9.80 Å². The topological polar surface area (TPSA) is 75.9 Å². The van der Waals surface area contributed by atoms with Gasteiger partial charge in [0, 0.05) is 20.1 Å². The van der Waals surface area contributed by atoms with E-state index in [1.54, 1.807) is 11.9 Å². The first-order chi connectivity index (χ1) is 10.9. The number of likely N-dealkylation sites (N-methyl/N-ethyl adjacent to an activating group) is 1. The number of benzene rings is 1. The Kier molecular flexibility index (Phi) is 5.74. The number of ether oxygens (including phenoxy) is 1. The maximum atomic E-state index is 12.5. The molecule has 1 fully saturated rings. The van der Waals surface area contributed by atoms with Crippen LogP contribution in [0.1, 0.15) is 18.1 Å². The summed E-state index contributed by atoms with van der Waals surface area (Å²) in [6.45, 7) is 5.58. The molecule has 1 heterocycles. The number of hydrogen-bond acceptors (Lipinski definition) is 4. The van der Waals surface area contributed by atoms with Crippen LogP contribution in [0.4, 0.5) is 0 Å². The lowest BCUT2D eigenvalue weighted by atomic mass is 10.1. The van der Waals surface area contributed by atoms with Crippen molar-refractivity contribution in [3.05, 3.63) is 35.4 Å². The molecule has 2 rings (SSSR count). The van der Waals surface area contributed by atoms with Crippen molar-refractivity contribution in [2.75, 3.05) is 26.7 Å². The second-order valence-corrected chi connectivity index (χ2v) is 6.07. The zero-order chi connectivity index (χ0) is 17.0. The fourth-order valence-electron chi connectivity index (χ4n) is 2.90. The number of rotatable bonds is 5. The summed E-state index contributed by atoms with van der Waals surface area (Å²) in [6.07, 6.45) is -0.296. The minimum absolute atomic E-state index is 0.0337. The van der Waals surface area contributed by atoms with Crippen molar-refractivity contribution in [2.24, 2.45) is 5.73 Å². The summed E-state index contributed by atoms with van der Waals surface area (Å²) in [5, 5.41) is 0. The quantitative estimate of drug-likeness (QED) is 0.859. The smallest absolute Gasteiger partial charge is 0.237 e. The number of carbonyl (C=O) groups excluding carboxylic acids is 2. The summed E-state index contributed by atoms with van der Waals surface area (Å²) in [4.78, 5) is 27.6. The number of hydrogen-bond donors (Lipinski definition) is 1. The molecule has 0 saturated carbocycles. The van der Waals surface area contributed by atoms with Crippen LogP contribution in [-0.2, 0) is 20.9 Å². The van der Waals surface area contributed by atoms with E-state index in [1.165, 1.54) is 0 Å². The molecule has 0 spiro atoms. The summed E-state index contributed by atoms with van der Waals surface area (Å²) in [5.74, 6) is -0.486. The van der Waals surface area contributed by atoms with Crippen LogP contribution in [0.3, 0.4) is 0 Å². The molecule has 0 radical (unpaired) electrons. The van der Waals surface area contributed by atoms with E-state index in [0.717, 1.165) is 11.1 Å². The number of amides is 2. The van der Waals surface area contributed by atoms with Crippen LogP contribution in [0, 0.1) is 6.92 Å². The molecule has 2 amide bonds. The Hall–Kier alpha value is -1.92. The second kappa shape index (κ2) is 7.57. The van der Waals surface area contributed by atoms with Gasteiger partial charge in [-0.1, -0.05) is 24.3 Å².